The molecule has 5 N–H and O–H groups in total. The van der Waals surface area contributed by atoms with E-state index in [1.54, 1.807) is 0 Å². The second kappa shape index (κ2) is 14.8. The quantitative estimate of drug-likeness (QED) is 0.151. The number of rotatable bonds is 13. The molecule has 0 radical (unpaired) electrons. The highest BCUT2D eigenvalue weighted by Gasteiger charge is 2.70. The summed E-state index contributed by atoms with van der Waals surface area (Å²) in [6.45, 7) is 26.6. The van der Waals surface area contributed by atoms with Crippen molar-refractivity contribution in [2.45, 2.75) is 132 Å². The minimum atomic E-state index is -1.04. The summed E-state index contributed by atoms with van der Waals surface area (Å²) in [6.07, 6.45) is 3.12. The number of likely N-dealkylation sites (tertiary alicyclic amines) is 1. The number of carbonyl (C=O) groups excluding carboxylic acids is 6. The topological polar surface area (TPSA) is 166 Å². The molecule has 0 aromatic rings. The van der Waals surface area contributed by atoms with Crippen molar-refractivity contribution in [3.8, 4) is 0 Å². The fraction of sp³-hybridized carbons (Fsp3) is 0.771. The second-order valence-electron chi connectivity index (χ2n) is 16.9. The first-order chi connectivity index (χ1) is 21.4. The summed E-state index contributed by atoms with van der Waals surface area (Å²) in [5.41, 5.74) is -2.11. The van der Waals surface area contributed by atoms with Crippen molar-refractivity contribution < 1.29 is 28.8 Å². The summed E-state index contributed by atoms with van der Waals surface area (Å²) in [5.74, 6) is -2.90. The van der Waals surface area contributed by atoms with Crippen LogP contribution in [0.5, 0.6) is 0 Å². The van der Waals surface area contributed by atoms with Gasteiger partial charge in [-0.1, -0.05) is 81.2 Å². The van der Waals surface area contributed by atoms with Crippen molar-refractivity contribution >= 4 is 35.4 Å². The molecule has 12 heteroatoms. The zero-order valence-electron chi connectivity index (χ0n) is 30.7. The molecule has 0 bridgehead atoms. The Balaban J connectivity index is 2.35. The van der Waals surface area contributed by atoms with E-state index in [2.05, 4.69) is 47.0 Å². The zero-order chi connectivity index (χ0) is 36.3. The monoisotopic (exact) mass is 660 g/mol. The number of unbranched alkanes of at least 4 members (excludes halogenated alkanes) is 1. The number of hydrogen-bond donors (Lipinski definition) is 5. The van der Waals surface area contributed by atoms with Gasteiger partial charge in [-0.15, -0.1) is 6.58 Å². The van der Waals surface area contributed by atoms with Gasteiger partial charge in [0.05, 0.1) is 6.04 Å². The van der Waals surface area contributed by atoms with Crippen LogP contribution in [0.2, 0.25) is 0 Å². The van der Waals surface area contributed by atoms with Crippen molar-refractivity contribution in [3.05, 3.63) is 12.7 Å². The molecule has 6 atom stereocenters. The Kier molecular flexibility index (Phi) is 12.5. The van der Waals surface area contributed by atoms with Crippen molar-refractivity contribution in [1.29, 1.82) is 0 Å². The van der Waals surface area contributed by atoms with Gasteiger partial charge < -0.3 is 31.5 Å². The predicted molar refractivity (Wildman–Crippen MR) is 182 cm³/mol. The normalized spacial score (nSPS) is 22.1. The molecule has 2 rings (SSSR count). The van der Waals surface area contributed by atoms with E-state index < -0.39 is 70.1 Å². The lowest BCUT2D eigenvalue weighted by atomic mass is 9.84. The minimum absolute atomic E-state index is 0.0590. The molecule has 0 aromatic heterocycles. The van der Waals surface area contributed by atoms with Gasteiger partial charge in [-0.3, -0.25) is 24.0 Å². The van der Waals surface area contributed by atoms with Crippen molar-refractivity contribution in [2.75, 3.05) is 13.1 Å². The van der Waals surface area contributed by atoms with E-state index in [1.807, 2.05) is 69.2 Å². The van der Waals surface area contributed by atoms with Crippen LogP contribution in [0.15, 0.2) is 12.7 Å². The summed E-state index contributed by atoms with van der Waals surface area (Å²) >= 11 is 0. The molecule has 1 heterocycles. The molecular formula is C35H60N6O6. The summed E-state index contributed by atoms with van der Waals surface area (Å²) in [6, 6.07) is -4.53. The van der Waals surface area contributed by atoms with Crippen LogP contribution in [-0.4, -0.2) is 83.1 Å². The molecule has 1 saturated heterocycles. The number of ketones is 1. The number of fused-ring (bicyclic) bond motifs is 1. The Labute approximate surface area is 281 Å². The largest absolute Gasteiger partial charge is 0.350 e. The highest BCUT2D eigenvalue weighted by Crippen LogP contribution is 2.65. The molecule has 1 aliphatic heterocycles. The predicted octanol–water partition coefficient (Wildman–Crippen LogP) is 3.06. The molecule has 1 saturated carbocycles. The lowest BCUT2D eigenvalue weighted by molar-refractivity contribution is -0.145. The van der Waals surface area contributed by atoms with Crippen molar-refractivity contribution in [1.82, 2.24) is 31.5 Å². The molecule has 0 spiro atoms. The van der Waals surface area contributed by atoms with Gasteiger partial charge in [0.1, 0.15) is 18.1 Å². The van der Waals surface area contributed by atoms with Gasteiger partial charge in [0, 0.05) is 18.6 Å². The Morgan fingerprint density at radius 2 is 1.45 bits per heavy atom. The average Bonchev–Trinajstić information content (AvgIpc) is 3.25. The van der Waals surface area contributed by atoms with E-state index in [1.165, 1.54) is 11.0 Å². The molecule has 2 fully saturated rings. The van der Waals surface area contributed by atoms with Gasteiger partial charge in [-0.2, -0.15) is 0 Å². The average molecular weight is 661 g/mol. The van der Waals surface area contributed by atoms with Crippen LogP contribution in [0.3, 0.4) is 0 Å². The Morgan fingerprint density at radius 1 is 0.894 bits per heavy atom. The Hall–Kier alpha value is -3.44. The Morgan fingerprint density at radius 3 is 1.94 bits per heavy atom. The fourth-order valence-electron chi connectivity index (χ4n) is 6.39. The number of nitrogens with zero attached hydrogens (tertiary/aromatic N) is 1. The van der Waals surface area contributed by atoms with Crippen LogP contribution in [0.25, 0.3) is 0 Å². The first kappa shape index (κ1) is 39.7. The summed E-state index contributed by atoms with van der Waals surface area (Å²) in [4.78, 5) is 82.0. The van der Waals surface area contributed by atoms with E-state index in [4.69, 9.17) is 0 Å². The van der Waals surface area contributed by atoms with Crippen LogP contribution in [-0.2, 0) is 24.0 Å². The lowest BCUT2D eigenvalue weighted by Crippen LogP contribution is -2.63. The van der Waals surface area contributed by atoms with Gasteiger partial charge in [0.15, 0.2) is 0 Å². The fourth-order valence-corrected chi connectivity index (χ4v) is 6.39. The summed E-state index contributed by atoms with van der Waals surface area (Å²) in [7, 11) is 0. The second-order valence-corrected chi connectivity index (χ2v) is 16.9. The highest BCUT2D eigenvalue weighted by atomic mass is 16.2. The Bertz CT molecular complexity index is 1220. The van der Waals surface area contributed by atoms with E-state index in [-0.39, 0.29) is 36.1 Å². The number of hydrogen-bond acceptors (Lipinski definition) is 6. The maximum absolute atomic E-state index is 14.3. The maximum Gasteiger partial charge on any atom is 0.316 e. The first-order valence-electron chi connectivity index (χ1n) is 16.8. The third-order valence-corrected chi connectivity index (χ3v) is 9.16. The van der Waals surface area contributed by atoms with Crippen LogP contribution < -0.4 is 26.6 Å². The molecular weight excluding hydrogens is 600 g/mol. The lowest BCUT2D eigenvalue weighted by Gasteiger charge is -2.38. The van der Waals surface area contributed by atoms with Gasteiger partial charge in [-0.25, -0.2) is 4.79 Å². The first-order valence-corrected chi connectivity index (χ1v) is 16.8. The number of amides is 6. The molecule has 6 amide bonds. The molecule has 266 valence electrons. The van der Waals surface area contributed by atoms with Crippen LogP contribution in [0.1, 0.15) is 102 Å². The SMILES string of the molecule is C=CCNC(=O)C(=O)C(CCCC)NC(=O)[C@@H]1[C@@H]2[C@H](CN1C(=O)[C@@H](NC(=O)N[C@H](C(=O)NC(C)(C)C)C(C)(C)C)C(C)(C)C)C2(C)C. The minimum Gasteiger partial charge on any atom is -0.350 e. The van der Waals surface area contributed by atoms with Crippen molar-refractivity contribution in [2.24, 2.45) is 28.1 Å². The third-order valence-electron chi connectivity index (χ3n) is 9.16. The molecule has 0 aromatic carbocycles. The van der Waals surface area contributed by atoms with E-state index in [0.717, 1.165) is 6.42 Å². The number of nitrogens with one attached hydrogen (secondary N) is 5. The van der Waals surface area contributed by atoms with Crippen LogP contribution in [0, 0.1) is 28.1 Å². The van der Waals surface area contributed by atoms with Crippen LogP contribution >= 0.6 is 0 Å². The standard InChI is InChI=1S/C35H60N6O6/c1-14-16-17-21(24(42)28(44)36-18-15-2)37-27(43)23-22-20(35(22,12)13)19-41(23)30(46)26(33(6,7)8)39-31(47)38-25(32(3,4)5)29(45)40-34(9,10)11/h15,20-23,25-26H,2,14,16-19H2,1,3-13H3,(H,36,44)(H,37,43)(H,40,45)(H2,38,39,47)/t20-,21?,22-,23-,25+,26+/m0/s1. The third kappa shape index (κ3) is 10.0. The van der Waals surface area contributed by atoms with Gasteiger partial charge in [0.25, 0.3) is 5.91 Å². The number of urea groups is 1. The molecule has 2 aliphatic rings. The molecule has 47 heavy (non-hydrogen) atoms. The molecule has 12 nitrogen and oxygen atoms in total. The smallest absolute Gasteiger partial charge is 0.316 e. The van der Waals surface area contributed by atoms with E-state index in [9.17, 15) is 28.8 Å². The number of Topliss-reactive ketones (excluding diaryl/α,β-unsaturated/α-hetero) is 1. The van der Waals surface area contributed by atoms with E-state index >= 15 is 0 Å². The maximum atomic E-state index is 14.3. The van der Waals surface area contributed by atoms with Crippen molar-refractivity contribution in [3.63, 3.8) is 0 Å². The molecule has 1 aliphatic carbocycles. The van der Waals surface area contributed by atoms with Crippen LogP contribution in [0.4, 0.5) is 4.79 Å². The van der Waals surface area contributed by atoms with E-state index in [0.29, 0.717) is 13.0 Å². The zero-order valence-corrected chi connectivity index (χ0v) is 30.7. The van der Waals surface area contributed by atoms with Gasteiger partial charge in [0.2, 0.25) is 23.5 Å². The number of piperidine rings is 1. The van der Waals surface area contributed by atoms with Gasteiger partial charge >= 0.3 is 6.03 Å². The highest BCUT2D eigenvalue weighted by molar-refractivity contribution is 6.38. The molecule has 1 unspecified atom stereocenters. The number of carbonyl (C=O) groups is 6. The summed E-state index contributed by atoms with van der Waals surface area (Å²) in [5, 5.41) is 13.8. The summed E-state index contributed by atoms with van der Waals surface area (Å²) < 4.78 is 0. The van der Waals surface area contributed by atoms with Gasteiger partial charge in [-0.05, 0) is 55.3 Å².